The summed E-state index contributed by atoms with van der Waals surface area (Å²) in [6.45, 7) is 4.89. The molecular weight excluding hydrogens is 981 g/mol. The minimum atomic E-state index is -0.510. The fourth-order valence-electron chi connectivity index (χ4n) is 10.1. The number of carbonyl (C=O) groups excluding carboxylic acids is 4. The summed E-state index contributed by atoms with van der Waals surface area (Å²) in [6.07, 6.45) is 5.88. The second-order valence-electron chi connectivity index (χ2n) is 20.7. The molecule has 0 bridgehead atoms. The van der Waals surface area contributed by atoms with E-state index in [0.29, 0.717) is 107 Å². The van der Waals surface area contributed by atoms with E-state index in [2.05, 4.69) is 36.2 Å². The number of nitrogens with zero attached hydrogens (tertiary/aromatic N) is 5. The molecule has 7 heterocycles. The Morgan fingerprint density at radius 3 is 1.81 bits per heavy atom. The summed E-state index contributed by atoms with van der Waals surface area (Å²) in [4.78, 5) is 63.5. The number of benzene rings is 2. The molecule has 12 rings (SSSR count). The lowest BCUT2D eigenvalue weighted by Crippen LogP contribution is -2.61. The van der Waals surface area contributed by atoms with E-state index in [1.165, 1.54) is 28.1 Å². The molecule has 3 aliphatic carbocycles. The van der Waals surface area contributed by atoms with Crippen molar-refractivity contribution in [2.45, 2.75) is 74.7 Å². The standard InChI is InChI=1S/C26H30FN5O6.C25H29FN6O5/c27-20-8-18(37-14-26(28)12-35-13-26)7-16-5-15(6-19(16)20)9-29-4-3-17-10-32(25(34)38-17)22-2-1-21-24(30-22)31-23(33)11-36-21;26-19-8-17(36-13-25(27)2-3-25)7-15-5-14(6-18(15)19)9-28-4-1-16-11-32(24(34)37-16)20-10-29-23-22(30-20)31-21(33)12-35-23/h1-2,7-8,15,17,29H,3-6,9-14,28H2,(H,30,31,33);7-8,10,14,16,28H,1-6,9,11-13,27H2,(H,30,31,33). The Balaban J connectivity index is 0.000000161. The Bertz CT molecular complexity index is 2870. The molecule has 0 spiro atoms. The number of rotatable bonds is 18. The number of aromatic nitrogens is 3. The van der Waals surface area contributed by atoms with Crippen molar-refractivity contribution in [3.05, 3.63) is 76.5 Å². The summed E-state index contributed by atoms with van der Waals surface area (Å²) < 4.78 is 67.5. The maximum absolute atomic E-state index is 14.7. The highest BCUT2D eigenvalue weighted by Gasteiger charge is 2.40. The third-order valence-corrected chi connectivity index (χ3v) is 14.5. The highest BCUT2D eigenvalue weighted by molar-refractivity contribution is 5.96. The van der Waals surface area contributed by atoms with Gasteiger partial charge in [0.25, 0.3) is 17.7 Å². The lowest BCUT2D eigenvalue weighted by Gasteiger charge is -2.37. The van der Waals surface area contributed by atoms with Crippen molar-refractivity contribution in [1.29, 1.82) is 0 Å². The summed E-state index contributed by atoms with van der Waals surface area (Å²) >= 11 is 0. The van der Waals surface area contributed by atoms with Crippen molar-refractivity contribution < 1.29 is 61.1 Å². The zero-order chi connectivity index (χ0) is 51.8. The number of anilines is 4. The molecular formula is C51H59F2N11O11. The van der Waals surface area contributed by atoms with E-state index < -0.39 is 17.7 Å². The van der Waals surface area contributed by atoms with Crippen LogP contribution in [0.2, 0.25) is 0 Å². The van der Waals surface area contributed by atoms with E-state index in [4.69, 9.17) is 44.6 Å². The number of halogens is 2. The SMILES string of the molecule is NC1(COc2cc(F)c3c(c2)CC(CNCCC2CN(c4ccc5c(n4)NC(=O)CO5)C(=O)O2)C3)COC1.NC1(COc2cc(F)c3c(c2)CC(CNCCC2CN(c4cnc5c(n4)NC(=O)CO5)C(=O)O2)C3)CC1. The molecule has 4 fully saturated rings. The van der Waals surface area contributed by atoms with Gasteiger partial charge in [0, 0.05) is 12.1 Å². The lowest BCUT2D eigenvalue weighted by atomic mass is 10.0. The van der Waals surface area contributed by atoms with E-state index in [0.717, 1.165) is 61.0 Å². The van der Waals surface area contributed by atoms with Crippen LogP contribution in [0.5, 0.6) is 23.1 Å². The first-order valence-electron chi connectivity index (χ1n) is 25.4. The van der Waals surface area contributed by atoms with E-state index in [9.17, 15) is 28.0 Å². The van der Waals surface area contributed by atoms with Crippen LogP contribution in [0.1, 0.15) is 47.9 Å². The molecule has 8 aliphatic rings. The molecule has 75 heavy (non-hydrogen) atoms. The summed E-state index contributed by atoms with van der Waals surface area (Å²) in [7, 11) is 0. The predicted molar refractivity (Wildman–Crippen MR) is 264 cm³/mol. The van der Waals surface area contributed by atoms with Gasteiger partial charge in [-0.25, -0.2) is 33.3 Å². The Morgan fingerprint density at radius 2 is 1.24 bits per heavy atom. The van der Waals surface area contributed by atoms with Crippen molar-refractivity contribution in [3.63, 3.8) is 0 Å². The van der Waals surface area contributed by atoms with Gasteiger partial charge in [-0.2, -0.15) is 0 Å². The number of ether oxygens (including phenoxy) is 7. The Morgan fingerprint density at radius 1 is 0.693 bits per heavy atom. The number of amides is 4. The number of fused-ring (bicyclic) bond motifs is 4. The molecule has 3 saturated heterocycles. The van der Waals surface area contributed by atoms with Crippen LogP contribution in [0.15, 0.2) is 42.6 Å². The van der Waals surface area contributed by atoms with Crippen LogP contribution < -0.4 is 61.5 Å². The van der Waals surface area contributed by atoms with E-state index in [1.54, 1.807) is 12.1 Å². The monoisotopic (exact) mass is 1040 g/mol. The third kappa shape index (κ3) is 11.6. The molecule has 4 aromatic rings. The number of nitrogens with two attached hydrogens (primary N) is 2. The van der Waals surface area contributed by atoms with Gasteiger partial charge >= 0.3 is 12.2 Å². The number of nitrogens with one attached hydrogen (secondary N) is 4. The first-order chi connectivity index (χ1) is 36.2. The highest BCUT2D eigenvalue weighted by atomic mass is 19.1. The number of hydrogen-bond donors (Lipinski definition) is 6. The molecule has 2 aromatic heterocycles. The highest BCUT2D eigenvalue weighted by Crippen LogP contribution is 2.37. The van der Waals surface area contributed by atoms with E-state index in [-0.39, 0.29) is 83.8 Å². The van der Waals surface area contributed by atoms with Crippen molar-refractivity contribution in [2.24, 2.45) is 23.3 Å². The van der Waals surface area contributed by atoms with Crippen LogP contribution in [-0.4, -0.2) is 141 Å². The molecule has 5 aliphatic heterocycles. The minimum Gasteiger partial charge on any atom is -0.492 e. The number of cyclic esters (lactones) is 2. The van der Waals surface area contributed by atoms with Crippen LogP contribution in [-0.2, 0) is 49.5 Å². The quantitative estimate of drug-likeness (QED) is 0.0782. The smallest absolute Gasteiger partial charge is 0.415 e. The summed E-state index contributed by atoms with van der Waals surface area (Å²) in [5.41, 5.74) is 14.9. The van der Waals surface area contributed by atoms with Gasteiger partial charge < -0.3 is 65.9 Å². The zero-order valence-electron chi connectivity index (χ0n) is 41.1. The van der Waals surface area contributed by atoms with Crippen molar-refractivity contribution in [3.8, 4) is 23.1 Å². The molecule has 4 atom stereocenters. The summed E-state index contributed by atoms with van der Waals surface area (Å²) in [5.74, 6) is 2.38. The topological polar surface area (TPSA) is 278 Å². The molecule has 4 unspecified atom stereocenters. The van der Waals surface area contributed by atoms with Gasteiger partial charge in [0.15, 0.2) is 36.4 Å². The zero-order valence-corrected chi connectivity index (χ0v) is 41.1. The van der Waals surface area contributed by atoms with Gasteiger partial charge in [0.05, 0.1) is 43.6 Å². The minimum absolute atomic E-state index is 0.0578. The molecule has 1 saturated carbocycles. The second kappa shape index (κ2) is 21.0. The van der Waals surface area contributed by atoms with E-state index >= 15 is 0 Å². The number of hydrogen-bond acceptors (Lipinski definition) is 18. The normalized spacial score (nSPS) is 23.1. The molecule has 8 N–H and O–H groups in total. The van der Waals surface area contributed by atoms with Crippen LogP contribution in [0.25, 0.3) is 0 Å². The van der Waals surface area contributed by atoms with Gasteiger partial charge in [-0.1, -0.05) is 0 Å². The second-order valence-corrected chi connectivity index (χ2v) is 20.7. The average molecular weight is 1040 g/mol. The van der Waals surface area contributed by atoms with Crippen molar-refractivity contribution in [2.75, 3.05) is 99.3 Å². The Kier molecular flexibility index (Phi) is 14.0. The van der Waals surface area contributed by atoms with Gasteiger partial charge in [-0.3, -0.25) is 19.4 Å². The number of carbonyl (C=O) groups is 4. The van der Waals surface area contributed by atoms with Crippen LogP contribution in [0, 0.1) is 23.5 Å². The molecule has 22 nitrogen and oxygen atoms in total. The molecule has 2 aromatic carbocycles. The summed E-state index contributed by atoms with van der Waals surface area (Å²) in [6, 6.07) is 10.1. The van der Waals surface area contributed by atoms with Crippen LogP contribution in [0.3, 0.4) is 0 Å². The van der Waals surface area contributed by atoms with Gasteiger partial charge in [-0.05, 0) is 136 Å². The van der Waals surface area contributed by atoms with Gasteiger partial charge in [0.2, 0.25) is 0 Å². The molecule has 398 valence electrons. The summed E-state index contributed by atoms with van der Waals surface area (Å²) in [5, 5.41) is 12.1. The van der Waals surface area contributed by atoms with Gasteiger partial charge in [-0.15, -0.1) is 0 Å². The van der Waals surface area contributed by atoms with Crippen LogP contribution >= 0.6 is 0 Å². The largest absolute Gasteiger partial charge is 0.492 e. The fraction of sp³-hybridized carbons (Fsp3) is 0.510. The Hall–Kier alpha value is -6.99. The average Bonchev–Trinajstić information content (AvgIpc) is 3.77. The van der Waals surface area contributed by atoms with Crippen molar-refractivity contribution in [1.82, 2.24) is 25.6 Å². The van der Waals surface area contributed by atoms with Gasteiger partial charge in [0.1, 0.15) is 54.4 Å². The van der Waals surface area contributed by atoms with E-state index in [1.807, 2.05) is 12.1 Å². The molecule has 4 amide bonds. The first-order valence-corrected chi connectivity index (χ1v) is 25.4. The molecule has 24 heteroatoms. The third-order valence-electron chi connectivity index (χ3n) is 14.5. The van der Waals surface area contributed by atoms with Crippen molar-refractivity contribution >= 4 is 47.3 Å². The maximum Gasteiger partial charge on any atom is 0.415 e. The number of pyridine rings is 1. The predicted octanol–water partition coefficient (Wildman–Crippen LogP) is 2.91. The fourth-order valence-corrected chi connectivity index (χ4v) is 10.1. The lowest BCUT2D eigenvalue weighted by molar-refractivity contribution is -0.119. The molecule has 0 radical (unpaired) electrons. The Labute approximate surface area is 429 Å². The maximum atomic E-state index is 14.7. The van der Waals surface area contributed by atoms with Crippen LogP contribution in [0.4, 0.5) is 41.6 Å². The first kappa shape index (κ1) is 50.2.